The third-order valence-electron chi connectivity index (χ3n) is 5.24. The molecule has 0 saturated carbocycles. The standard InChI is InChI=1S/C19H31N3O4/c1-3-11-20-16(23)9-10-18(25)22-13-6-8-15(22)19(26)14-7-5-12-21(14)17(24)4-2/h14-15H,3-13H2,1-2H3,(H,20,23). The molecule has 2 aliphatic rings. The van der Waals surface area contributed by atoms with Crippen LogP contribution in [0.25, 0.3) is 0 Å². The van der Waals surface area contributed by atoms with E-state index < -0.39 is 12.1 Å². The lowest BCUT2D eigenvalue weighted by atomic mass is 10.0. The van der Waals surface area contributed by atoms with E-state index in [1.54, 1.807) is 16.7 Å². The quantitative estimate of drug-likeness (QED) is 0.701. The largest absolute Gasteiger partial charge is 0.356 e. The Labute approximate surface area is 155 Å². The fraction of sp³-hybridized carbons (Fsp3) is 0.789. The minimum atomic E-state index is -0.448. The van der Waals surface area contributed by atoms with Crippen LogP contribution in [0.5, 0.6) is 0 Å². The third-order valence-corrected chi connectivity index (χ3v) is 5.24. The van der Waals surface area contributed by atoms with Crippen molar-refractivity contribution < 1.29 is 19.2 Å². The van der Waals surface area contributed by atoms with E-state index in [1.165, 1.54) is 0 Å². The topological polar surface area (TPSA) is 86.8 Å². The van der Waals surface area contributed by atoms with Gasteiger partial charge in [-0.15, -0.1) is 0 Å². The number of carbonyl (C=O) groups is 4. The molecular formula is C19H31N3O4. The fourth-order valence-corrected chi connectivity index (χ4v) is 3.86. The van der Waals surface area contributed by atoms with Gasteiger partial charge in [-0.2, -0.15) is 0 Å². The molecule has 7 heteroatoms. The van der Waals surface area contributed by atoms with Crippen molar-refractivity contribution in [1.29, 1.82) is 0 Å². The Balaban J connectivity index is 1.94. The molecule has 2 heterocycles. The van der Waals surface area contributed by atoms with E-state index in [0.29, 0.717) is 38.9 Å². The first-order valence-corrected chi connectivity index (χ1v) is 9.88. The van der Waals surface area contributed by atoms with E-state index in [2.05, 4.69) is 5.32 Å². The third kappa shape index (κ3) is 4.83. The van der Waals surface area contributed by atoms with Gasteiger partial charge in [0.05, 0.1) is 12.1 Å². The molecule has 0 aromatic carbocycles. The van der Waals surface area contributed by atoms with Gasteiger partial charge in [-0.3, -0.25) is 19.2 Å². The van der Waals surface area contributed by atoms with E-state index in [-0.39, 0.29) is 36.3 Å². The molecular weight excluding hydrogens is 334 g/mol. The highest BCUT2D eigenvalue weighted by molar-refractivity contribution is 5.96. The molecule has 3 amide bonds. The molecule has 0 radical (unpaired) electrons. The summed E-state index contributed by atoms with van der Waals surface area (Å²) in [6.07, 6.45) is 4.49. The Hall–Kier alpha value is -1.92. The van der Waals surface area contributed by atoms with Crippen LogP contribution in [0, 0.1) is 0 Å². The molecule has 2 atom stereocenters. The number of nitrogens with one attached hydrogen (secondary N) is 1. The van der Waals surface area contributed by atoms with Crippen LogP contribution in [0.15, 0.2) is 0 Å². The van der Waals surface area contributed by atoms with Crippen molar-refractivity contribution in [3.8, 4) is 0 Å². The Morgan fingerprint density at radius 2 is 1.46 bits per heavy atom. The predicted molar refractivity (Wildman–Crippen MR) is 97.3 cm³/mol. The van der Waals surface area contributed by atoms with Gasteiger partial charge >= 0.3 is 0 Å². The average molecular weight is 365 g/mol. The van der Waals surface area contributed by atoms with Gasteiger partial charge in [0.1, 0.15) is 0 Å². The van der Waals surface area contributed by atoms with Gasteiger partial charge in [-0.1, -0.05) is 13.8 Å². The summed E-state index contributed by atoms with van der Waals surface area (Å²) >= 11 is 0. The Kier molecular flexibility index (Phi) is 7.60. The minimum Gasteiger partial charge on any atom is -0.356 e. The van der Waals surface area contributed by atoms with E-state index in [1.807, 2.05) is 6.92 Å². The highest BCUT2D eigenvalue weighted by Gasteiger charge is 2.41. The van der Waals surface area contributed by atoms with Crippen molar-refractivity contribution in [3.63, 3.8) is 0 Å². The molecule has 26 heavy (non-hydrogen) atoms. The number of hydrogen-bond acceptors (Lipinski definition) is 4. The summed E-state index contributed by atoms with van der Waals surface area (Å²) in [6, 6.07) is -0.842. The van der Waals surface area contributed by atoms with Crippen LogP contribution in [-0.4, -0.2) is 65.0 Å². The van der Waals surface area contributed by atoms with Gasteiger partial charge in [-0.05, 0) is 32.1 Å². The number of likely N-dealkylation sites (tertiary alicyclic amines) is 2. The second-order valence-corrected chi connectivity index (χ2v) is 7.10. The number of Topliss-reactive ketones (excluding diaryl/α,β-unsaturated/α-hetero) is 1. The van der Waals surface area contributed by atoms with E-state index in [9.17, 15) is 19.2 Å². The molecule has 2 saturated heterocycles. The lowest BCUT2D eigenvalue weighted by Crippen LogP contribution is -2.49. The Bertz CT molecular complexity index is 549. The molecule has 0 aromatic rings. The van der Waals surface area contributed by atoms with Crippen molar-refractivity contribution >= 4 is 23.5 Å². The van der Waals surface area contributed by atoms with Crippen LogP contribution in [0.3, 0.4) is 0 Å². The molecule has 2 unspecified atom stereocenters. The van der Waals surface area contributed by atoms with Crippen molar-refractivity contribution in [2.75, 3.05) is 19.6 Å². The van der Waals surface area contributed by atoms with Gasteiger partial charge in [0.15, 0.2) is 5.78 Å². The molecule has 0 aliphatic carbocycles. The number of nitrogens with zero attached hydrogens (tertiary/aromatic N) is 2. The molecule has 1 N–H and O–H groups in total. The van der Waals surface area contributed by atoms with Gasteiger partial charge in [-0.25, -0.2) is 0 Å². The summed E-state index contributed by atoms with van der Waals surface area (Å²) in [5, 5.41) is 2.76. The molecule has 0 aromatic heterocycles. The van der Waals surface area contributed by atoms with Crippen LogP contribution >= 0.6 is 0 Å². The summed E-state index contributed by atoms with van der Waals surface area (Å²) in [6.45, 7) is 5.57. The molecule has 146 valence electrons. The number of ketones is 1. The number of rotatable bonds is 8. The second-order valence-electron chi connectivity index (χ2n) is 7.10. The normalized spacial score (nSPS) is 22.5. The fourth-order valence-electron chi connectivity index (χ4n) is 3.86. The van der Waals surface area contributed by atoms with E-state index >= 15 is 0 Å². The highest BCUT2D eigenvalue weighted by Crippen LogP contribution is 2.26. The van der Waals surface area contributed by atoms with Crippen LogP contribution in [0.4, 0.5) is 0 Å². The summed E-state index contributed by atoms with van der Waals surface area (Å²) < 4.78 is 0. The monoisotopic (exact) mass is 365 g/mol. The maximum absolute atomic E-state index is 13.0. The van der Waals surface area contributed by atoms with Crippen molar-refractivity contribution in [1.82, 2.24) is 15.1 Å². The maximum atomic E-state index is 13.0. The van der Waals surface area contributed by atoms with Crippen LogP contribution in [0.2, 0.25) is 0 Å². The highest BCUT2D eigenvalue weighted by atomic mass is 16.2. The summed E-state index contributed by atoms with van der Waals surface area (Å²) in [5.74, 6) is -0.272. The summed E-state index contributed by atoms with van der Waals surface area (Å²) in [5.41, 5.74) is 0. The Morgan fingerprint density at radius 3 is 2.00 bits per heavy atom. The minimum absolute atomic E-state index is 0.00400. The van der Waals surface area contributed by atoms with Gasteiger partial charge in [0, 0.05) is 38.9 Å². The molecule has 0 bridgehead atoms. The van der Waals surface area contributed by atoms with Gasteiger partial charge < -0.3 is 15.1 Å². The maximum Gasteiger partial charge on any atom is 0.223 e. The average Bonchev–Trinajstić information content (AvgIpc) is 3.32. The lowest BCUT2D eigenvalue weighted by Gasteiger charge is -2.30. The number of hydrogen-bond donors (Lipinski definition) is 1. The molecule has 2 rings (SSSR count). The SMILES string of the molecule is CCCNC(=O)CCC(=O)N1CCCC1C(=O)C1CCCN1C(=O)CC. The smallest absolute Gasteiger partial charge is 0.223 e. The zero-order chi connectivity index (χ0) is 19.1. The predicted octanol–water partition coefficient (Wildman–Crippen LogP) is 1.25. The van der Waals surface area contributed by atoms with E-state index in [4.69, 9.17) is 0 Å². The Morgan fingerprint density at radius 1 is 0.885 bits per heavy atom. The van der Waals surface area contributed by atoms with Crippen molar-refractivity contribution in [2.45, 2.75) is 77.3 Å². The second kappa shape index (κ2) is 9.69. The first-order chi connectivity index (χ1) is 12.5. The molecule has 0 spiro atoms. The molecule has 2 aliphatic heterocycles. The van der Waals surface area contributed by atoms with Crippen LogP contribution in [0.1, 0.15) is 65.2 Å². The van der Waals surface area contributed by atoms with Crippen molar-refractivity contribution in [3.05, 3.63) is 0 Å². The number of carbonyl (C=O) groups excluding carboxylic acids is 4. The van der Waals surface area contributed by atoms with Gasteiger partial charge in [0.25, 0.3) is 0 Å². The van der Waals surface area contributed by atoms with Gasteiger partial charge in [0.2, 0.25) is 17.7 Å². The molecule has 2 fully saturated rings. The lowest BCUT2D eigenvalue weighted by molar-refractivity contribution is -0.143. The van der Waals surface area contributed by atoms with Crippen molar-refractivity contribution in [2.24, 2.45) is 0 Å². The van der Waals surface area contributed by atoms with Crippen LogP contribution < -0.4 is 5.32 Å². The zero-order valence-corrected chi connectivity index (χ0v) is 16.0. The number of amides is 3. The zero-order valence-electron chi connectivity index (χ0n) is 16.0. The van der Waals surface area contributed by atoms with E-state index in [0.717, 1.165) is 19.3 Å². The summed E-state index contributed by atoms with van der Waals surface area (Å²) in [4.78, 5) is 52.6. The summed E-state index contributed by atoms with van der Waals surface area (Å²) in [7, 11) is 0. The first-order valence-electron chi connectivity index (χ1n) is 9.88. The van der Waals surface area contributed by atoms with Crippen LogP contribution in [-0.2, 0) is 19.2 Å². The molecule has 7 nitrogen and oxygen atoms in total. The first kappa shape index (κ1) is 20.4.